The van der Waals surface area contributed by atoms with E-state index in [1.54, 1.807) is 4.99 Å². The molecule has 0 aromatic heterocycles. The van der Waals surface area contributed by atoms with Crippen LogP contribution in [0.1, 0.15) is 0 Å². The number of aliphatic imine (C=N–C) groups is 1. The van der Waals surface area contributed by atoms with Crippen LogP contribution in [0.15, 0.2) is 65.7 Å². The maximum atomic E-state index is 14.8. The SMILES string of the molecule is FC(F)(F)C1(C(F)(F)F)N=C2C(C(F)(F)F)(C(F)(F)F)OC(C(F)(F)F)(C(F)(F)F)OP2(c2ccccc2)(c2ccccc2)O1. The predicted octanol–water partition coefficient (Wildman–Crippen LogP) is 8.00. The molecule has 0 radical (unpaired) electrons. The van der Waals surface area contributed by atoms with E-state index in [0.29, 0.717) is 24.3 Å². The summed E-state index contributed by atoms with van der Waals surface area (Å²) in [5, 5.41) is -3.94. The van der Waals surface area contributed by atoms with Crippen molar-refractivity contribution in [2.45, 2.75) is 54.2 Å². The number of nitrogens with zero attached hydrogens (tertiary/aromatic N) is 1. The summed E-state index contributed by atoms with van der Waals surface area (Å²) < 4.78 is 273. The molecule has 2 heterocycles. The third-order valence-electron chi connectivity index (χ3n) is 6.63. The van der Waals surface area contributed by atoms with Crippen molar-refractivity contribution >= 4 is 23.1 Å². The molecule has 0 spiro atoms. The minimum atomic E-state index is -8.76. The molecule has 23 heteroatoms. The van der Waals surface area contributed by atoms with Crippen LogP contribution in [0.3, 0.4) is 0 Å². The summed E-state index contributed by atoms with van der Waals surface area (Å²) in [7, 11) is -8.76. The number of benzene rings is 2. The molecular formula is C22H10F18NO3P. The molecule has 2 aliphatic rings. The quantitative estimate of drug-likeness (QED) is 0.235. The predicted molar refractivity (Wildman–Crippen MR) is 114 cm³/mol. The van der Waals surface area contributed by atoms with Crippen LogP contribution in [0.4, 0.5) is 79.0 Å². The van der Waals surface area contributed by atoms with E-state index < -0.39 is 77.3 Å². The molecular weight excluding hydrogens is 699 g/mol. The number of ether oxygens (including phenoxy) is 1. The Kier molecular flexibility index (Phi) is 7.29. The molecule has 1 fully saturated rings. The average molecular weight is 709 g/mol. The summed E-state index contributed by atoms with van der Waals surface area (Å²) in [6.07, 6.45) is -45.5. The summed E-state index contributed by atoms with van der Waals surface area (Å²) in [4.78, 5) is 1.68. The van der Waals surface area contributed by atoms with Gasteiger partial charge < -0.3 is 0 Å². The van der Waals surface area contributed by atoms with Gasteiger partial charge in [-0.1, -0.05) is 0 Å². The fourth-order valence-electron chi connectivity index (χ4n) is 4.81. The first-order valence-corrected chi connectivity index (χ1v) is 13.3. The van der Waals surface area contributed by atoms with Crippen molar-refractivity contribution in [3.8, 4) is 0 Å². The second-order valence-electron chi connectivity index (χ2n) is 9.28. The molecule has 2 aromatic carbocycles. The number of alkyl halides is 18. The van der Waals surface area contributed by atoms with Crippen molar-refractivity contribution in [1.29, 1.82) is 0 Å². The van der Waals surface area contributed by atoms with E-state index in [9.17, 15) is 79.0 Å². The van der Waals surface area contributed by atoms with Crippen molar-refractivity contribution in [3.05, 3.63) is 60.7 Å². The second kappa shape index (κ2) is 9.37. The van der Waals surface area contributed by atoms with Gasteiger partial charge in [-0.15, -0.1) is 0 Å². The van der Waals surface area contributed by atoms with Crippen LogP contribution in [0.25, 0.3) is 0 Å². The monoisotopic (exact) mass is 709 g/mol. The van der Waals surface area contributed by atoms with E-state index in [2.05, 4.69) is 13.8 Å². The minimum absolute atomic E-state index is 0.0174. The van der Waals surface area contributed by atoms with Gasteiger partial charge in [0.25, 0.3) is 0 Å². The van der Waals surface area contributed by atoms with Crippen LogP contribution in [0.2, 0.25) is 0 Å². The normalized spacial score (nSPS) is 23.8. The molecule has 2 aromatic rings. The van der Waals surface area contributed by atoms with Gasteiger partial charge in [0.15, 0.2) is 0 Å². The van der Waals surface area contributed by atoms with E-state index in [4.69, 9.17) is 0 Å². The number of halogens is 18. The Balaban J connectivity index is 2.54. The Morgan fingerprint density at radius 3 is 1.11 bits per heavy atom. The van der Waals surface area contributed by atoms with Gasteiger partial charge in [-0.25, -0.2) is 0 Å². The summed E-state index contributed by atoms with van der Waals surface area (Å²) in [5.74, 6) is -7.28. The van der Waals surface area contributed by atoms with Crippen molar-refractivity contribution in [2.24, 2.45) is 4.99 Å². The van der Waals surface area contributed by atoms with E-state index >= 15 is 0 Å². The Hall–Kier alpha value is -2.84. The van der Waals surface area contributed by atoms with Gasteiger partial charge in [-0.05, 0) is 0 Å². The third kappa shape index (κ3) is 4.23. The standard InChI is InChI=1S/C22H10F18NO3P/c23-17(24,25)14(18(26,27)28)13-41-15(19(29,30)31,20(32,33)34)43-45(13,11-7-3-1-4-8-11,12-9-5-2-6-10-12)44-16(42-14,21(35,36)37)22(38,39)40/h1-10H. The molecule has 252 valence electrons. The first-order valence-electron chi connectivity index (χ1n) is 11.3. The molecule has 0 atom stereocenters. The number of hydrogen-bond donors (Lipinski definition) is 0. The maximum absolute atomic E-state index is 14.8. The summed E-state index contributed by atoms with van der Waals surface area (Å²) >= 11 is 0. The second-order valence-corrected chi connectivity index (χ2v) is 13.0. The Bertz CT molecular complexity index is 1390. The summed E-state index contributed by atoms with van der Waals surface area (Å²) in [6, 6.07) is 3.32. The van der Waals surface area contributed by atoms with Gasteiger partial charge in [0, 0.05) is 0 Å². The molecule has 45 heavy (non-hydrogen) atoms. The Morgan fingerprint density at radius 2 is 0.822 bits per heavy atom. The molecule has 1 saturated heterocycles. The zero-order valence-corrected chi connectivity index (χ0v) is 21.6. The van der Waals surface area contributed by atoms with Crippen LogP contribution in [0, 0.1) is 0 Å². The molecule has 0 unspecified atom stereocenters. The van der Waals surface area contributed by atoms with Crippen LogP contribution >= 0.6 is 7.06 Å². The van der Waals surface area contributed by atoms with Crippen LogP contribution in [-0.4, -0.2) is 59.6 Å². The molecule has 0 N–H and O–H groups in total. The van der Waals surface area contributed by atoms with Crippen molar-refractivity contribution in [2.75, 3.05) is 0 Å². The molecule has 0 bridgehead atoms. The molecule has 4 nitrogen and oxygen atoms in total. The van der Waals surface area contributed by atoms with E-state index in [1.807, 2.05) is 0 Å². The van der Waals surface area contributed by atoms with E-state index in [1.165, 1.54) is 0 Å². The third-order valence-corrected chi connectivity index (χ3v) is 11.5. The average Bonchev–Trinajstić information content (AvgIpc) is 3.22. The van der Waals surface area contributed by atoms with Gasteiger partial charge in [0.1, 0.15) is 0 Å². The molecule has 2 aliphatic heterocycles. The zero-order chi connectivity index (χ0) is 34.6. The van der Waals surface area contributed by atoms with Gasteiger partial charge in [0.2, 0.25) is 0 Å². The zero-order valence-electron chi connectivity index (χ0n) is 20.7. The first-order chi connectivity index (χ1) is 20.0. The number of hydrogen-bond acceptors (Lipinski definition) is 4. The fraction of sp³-hybridized carbons (Fsp3) is 0.409. The summed E-state index contributed by atoms with van der Waals surface area (Å²) in [6.45, 7) is 0. The Morgan fingerprint density at radius 1 is 0.467 bits per heavy atom. The summed E-state index contributed by atoms with van der Waals surface area (Å²) in [5.41, 5.74) is -17.8. The van der Waals surface area contributed by atoms with E-state index in [-0.39, 0.29) is 24.3 Å². The van der Waals surface area contributed by atoms with Crippen LogP contribution in [0.5, 0.6) is 0 Å². The van der Waals surface area contributed by atoms with Crippen molar-refractivity contribution in [3.63, 3.8) is 0 Å². The number of rotatable bonds is 2. The van der Waals surface area contributed by atoms with Crippen molar-refractivity contribution in [1.82, 2.24) is 0 Å². The van der Waals surface area contributed by atoms with E-state index in [0.717, 1.165) is 12.1 Å². The molecule has 4 rings (SSSR count). The molecule has 0 aliphatic carbocycles. The Labute approximate surface area is 236 Å². The van der Waals surface area contributed by atoms with Gasteiger partial charge in [0.05, 0.1) is 0 Å². The van der Waals surface area contributed by atoms with Crippen LogP contribution < -0.4 is 10.6 Å². The molecule has 0 saturated carbocycles. The van der Waals surface area contributed by atoms with Crippen LogP contribution in [-0.2, 0) is 13.8 Å². The molecule has 0 amide bonds. The first kappa shape index (κ1) is 35.0. The number of fused-ring (bicyclic) bond motifs is 1. The van der Waals surface area contributed by atoms with Gasteiger partial charge in [-0.2, -0.15) is 0 Å². The van der Waals surface area contributed by atoms with Gasteiger partial charge >= 0.3 is 236 Å². The fourth-order valence-corrected chi connectivity index (χ4v) is 10.3. The van der Waals surface area contributed by atoms with Crippen molar-refractivity contribution < 1.29 is 92.8 Å². The topological polar surface area (TPSA) is 40.0 Å². The van der Waals surface area contributed by atoms with Gasteiger partial charge in [-0.3, -0.25) is 0 Å².